The number of nitrogens with one attached hydrogen (secondary N) is 1. The molecule has 0 radical (unpaired) electrons. The molecule has 0 fully saturated rings. The van der Waals surface area contributed by atoms with E-state index in [-0.39, 0.29) is 0 Å². The summed E-state index contributed by atoms with van der Waals surface area (Å²) >= 11 is 0. The van der Waals surface area contributed by atoms with E-state index < -0.39 is 25.2 Å². The van der Waals surface area contributed by atoms with Crippen LogP contribution in [0.1, 0.15) is 20.8 Å². The van der Waals surface area contributed by atoms with E-state index in [2.05, 4.69) is 5.32 Å². The van der Waals surface area contributed by atoms with Crippen molar-refractivity contribution in [1.82, 2.24) is 5.32 Å². The molecule has 0 aromatic rings. The second kappa shape index (κ2) is 4.03. The average molecular weight is 193 g/mol. The first kappa shape index (κ1) is 11.6. The summed E-state index contributed by atoms with van der Waals surface area (Å²) in [5, 5.41) is 2.09. The lowest BCUT2D eigenvalue weighted by atomic mass is 10.2. The van der Waals surface area contributed by atoms with E-state index >= 15 is 0 Å². The van der Waals surface area contributed by atoms with E-state index in [9.17, 15) is 19.1 Å². The molecule has 1 N–H and O–H groups in total. The Labute approximate surface area is 71.3 Å². The Morgan fingerprint density at radius 2 is 1.83 bits per heavy atom. The zero-order chi connectivity index (χ0) is 9.94. The second-order valence-electron chi connectivity index (χ2n) is 2.93. The molecule has 0 aliphatic carbocycles. The van der Waals surface area contributed by atoms with Crippen LogP contribution in [0.2, 0.25) is 0 Å². The minimum absolute atomic E-state index is 0.408. The lowest BCUT2D eigenvalue weighted by Gasteiger charge is -2.40. The first-order valence-electron chi connectivity index (χ1n) is 3.54. The maximum atomic E-state index is 10.6. The van der Waals surface area contributed by atoms with Gasteiger partial charge in [0, 0.05) is 6.92 Å². The minimum atomic E-state index is -4.72. The maximum absolute atomic E-state index is 10.6. The molecule has 0 saturated heterocycles. The number of hydrogen-bond acceptors (Lipinski definition) is 4. The van der Waals surface area contributed by atoms with E-state index in [1.807, 2.05) is 0 Å². The van der Waals surface area contributed by atoms with Gasteiger partial charge in [0.15, 0.2) is 0 Å². The highest BCUT2D eigenvalue weighted by Crippen LogP contribution is 2.34. The van der Waals surface area contributed by atoms with Crippen molar-refractivity contribution >= 4 is 13.5 Å². The largest absolute Gasteiger partial charge is 0.809 e. The predicted molar refractivity (Wildman–Crippen MR) is 40.0 cm³/mol. The van der Waals surface area contributed by atoms with Crippen LogP contribution in [0.5, 0.6) is 0 Å². The summed E-state index contributed by atoms with van der Waals surface area (Å²) in [5.41, 5.74) is 0. The van der Waals surface area contributed by atoms with E-state index in [1.54, 1.807) is 13.8 Å². The smallest absolute Gasteiger partial charge is 0.217 e. The van der Waals surface area contributed by atoms with Gasteiger partial charge >= 0.3 is 0 Å². The fourth-order valence-electron chi connectivity index (χ4n) is 0.819. The summed E-state index contributed by atoms with van der Waals surface area (Å²) in [6, 6.07) is 0. The van der Waals surface area contributed by atoms with Gasteiger partial charge in [-0.2, -0.15) is 0 Å². The van der Waals surface area contributed by atoms with Crippen molar-refractivity contribution in [3.63, 3.8) is 0 Å². The van der Waals surface area contributed by atoms with Crippen molar-refractivity contribution in [3.8, 4) is 0 Å². The van der Waals surface area contributed by atoms with Crippen LogP contribution in [-0.4, -0.2) is 11.7 Å². The SMILES string of the molecule is CC(=O)N[C@@H](C(C)C)P(=O)([O-])[O-]. The first-order valence-corrected chi connectivity index (χ1v) is 5.15. The number of carbonyl (C=O) groups excluding carboxylic acids is 1. The molecule has 0 unspecified atom stereocenters. The number of rotatable bonds is 3. The molecule has 0 bridgehead atoms. The van der Waals surface area contributed by atoms with Crippen molar-refractivity contribution in [3.05, 3.63) is 0 Å². The van der Waals surface area contributed by atoms with Gasteiger partial charge in [-0.15, -0.1) is 0 Å². The normalized spacial score (nSPS) is 14.5. The van der Waals surface area contributed by atoms with Crippen LogP contribution in [0.25, 0.3) is 0 Å². The van der Waals surface area contributed by atoms with Gasteiger partial charge in [0.05, 0.1) is 5.78 Å². The van der Waals surface area contributed by atoms with Gasteiger partial charge in [-0.3, -0.25) is 4.79 Å². The molecule has 0 rings (SSSR count). The molecule has 1 atom stereocenters. The highest BCUT2D eigenvalue weighted by molar-refractivity contribution is 7.49. The zero-order valence-corrected chi connectivity index (χ0v) is 8.13. The van der Waals surface area contributed by atoms with Crippen molar-refractivity contribution in [2.75, 3.05) is 0 Å². The Kier molecular flexibility index (Phi) is 3.90. The second-order valence-corrected chi connectivity index (χ2v) is 4.57. The molecule has 0 aliphatic heterocycles. The molecule has 0 heterocycles. The molecule has 0 spiro atoms. The summed E-state index contributed by atoms with van der Waals surface area (Å²) in [6.45, 7) is 4.29. The van der Waals surface area contributed by atoms with Gasteiger partial charge in [0.1, 0.15) is 0 Å². The quantitative estimate of drug-likeness (QED) is 0.583. The third-order valence-corrected chi connectivity index (χ3v) is 2.73. The summed E-state index contributed by atoms with van der Waals surface area (Å²) in [7, 11) is -4.72. The fourth-order valence-corrected chi connectivity index (χ4v) is 1.89. The van der Waals surface area contributed by atoms with Crippen LogP contribution in [0.3, 0.4) is 0 Å². The van der Waals surface area contributed by atoms with Gasteiger partial charge in [0.2, 0.25) is 5.91 Å². The summed E-state index contributed by atoms with van der Waals surface area (Å²) in [4.78, 5) is 31.6. The van der Waals surface area contributed by atoms with Crippen molar-refractivity contribution in [1.29, 1.82) is 0 Å². The highest BCUT2D eigenvalue weighted by Gasteiger charge is 2.17. The van der Waals surface area contributed by atoms with Crippen LogP contribution < -0.4 is 15.1 Å². The molecule has 0 aromatic carbocycles. The molecule has 0 aromatic heterocycles. The first-order chi connectivity index (χ1) is 5.25. The van der Waals surface area contributed by atoms with E-state index in [4.69, 9.17) is 0 Å². The van der Waals surface area contributed by atoms with E-state index in [0.717, 1.165) is 0 Å². The van der Waals surface area contributed by atoms with E-state index in [0.29, 0.717) is 0 Å². The number of hydrogen-bond donors (Lipinski definition) is 1. The Balaban J connectivity index is 4.46. The predicted octanol–water partition coefficient (Wildman–Crippen LogP) is -0.982. The van der Waals surface area contributed by atoms with Gasteiger partial charge < -0.3 is 19.7 Å². The van der Waals surface area contributed by atoms with Crippen molar-refractivity contribution in [2.45, 2.75) is 26.6 Å². The van der Waals surface area contributed by atoms with Crippen LogP contribution in [0.4, 0.5) is 0 Å². The van der Waals surface area contributed by atoms with E-state index in [1.165, 1.54) is 6.92 Å². The molecule has 72 valence electrons. The van der Waals surface area contributed by atoms with Crippen LogP contribution in [0.15, 0.2) is 0 Å². The average Bonchev–Trinajstić information content (AvgIpc) is 1.79. The topological polar surface area (TPSA) is 92.3 Å². The third kappa shape index (κ3) is 3.85. The van der Waals surface area contributed by atoms with Crippen LogP contribution >= 0.6 is 7.60 Å². The zero-order valence-electron chi connectivity index (χ0n) is 7.23. The minimum Gasteiger partial charge on any atom is -0.809 e. The summed E-state index contributed by atoms with van der Waals surface area (Å²) in [5.74, 6) is -2.22. The van der Waals surface area contributed by atoms with Gasteiger partial charge in [-0.25, -0.2) is 0 Å². The van der Waals surface area contributed by atoms with Gasteiger partial charge in [-0.1, -0.05) is 13.8 Å². The molecule has 12 heavy (non-hydrogen) atoms. The molecular weight excluding hydrogens is 181 g/mol. The van der Waals surface area contributed by atoms with Crippen LogP contribution in [0, 0.1) is 5.92 Å². The number of amides is 1. The molecule has 5 nitrogen and oxygen atoms in total. The molecular formula is C6H12NO4P-2. The summed E-state index contributed by atoms with van der Waals surface area (Å²) < 4.78 is 10.6. The molecule has 6 heteroatoms. The third-order valence-electron chi connectivity index (χ3n) is 1.32. The molecule has 0 saturated carbocycles. The van der Waals surface area contributed by atoms with Crippen LogP contribution in [-0.2, 0) is 9.36 Å². The van der Waals surface area contributed by atoms with Crippen molar-refractivity contribution < 1.29 is 19.1 Å². The Morgan fingerprint density at radius 3 is 1.92 bits per heavy atom. The van der Waals surface area contributed by atoms with Crippen molar-refractivity contribution in [2.24, 2.45) is 5.92 Å². The lowest BCUT2D eigenvalue weighted by Crippen LogP contribution is -2.43. The maximum Gasteiger partial charge on any atom is 0.217 e. The monoisotopic (exact) mass is 193 g/mol. The standard InChI is InChI=1S/C6H14NO4P/c1-4(2)6(7-5(3)8)12(9,10)11/h4,6H,1-3H3,(H,7,8)(H2,9,10,11)/p-2/t6-/m1/s1. The Morgan fingerprint density at radius 1 is 1.42 bits per heavy atom. The Bertz CT molecular complexity index is 210. The molecule has 0 aliphatic rings. The van der Waals surface area contributed by atoms with Gasteiger partial charge in [-0.05, 0) is 13.5 Å². The fraction of sp³-hybridized carbons (Fsp3) is 0.833. The molecule has 1 amide bonds. The summed E-state index contributed by atoms with van der Waals surface area (Å²) in [6.07, 6.45) is 0. The number of carbonyl (C=O) groups is 1. The Hall–Kier alpha value is -0.380. The highest BCUT2D eigenvalue weighted by atomic mass is 31.2. The lowest BCUT2D eigenvalue weighted by molar-refractivity contribution is -0.318. The van der Waals surface area contributed by atoms with Gasteiger partial charge in [0.25, 0.3) is 0 Å².